The number of amides is 1. The van der Waals surface area contributed by atoms with E-state index < -0.39 is 24.6 Å². The molecule has 0 atom stereocenters. The minimum atomic E-state index is -4.54. The smallest absolute Gasteiger partial charge is 0.434 e. The summed E-state index contributed by atoms with van der Waals surface area (Å²) in [5, 5.41) is 0. The number of halogens is 3. The van der Waals surface area contributed by atoms with Crippen LogP contribution in [0.1, 0.15) is 0 Å². The van der Waals surface area contributed by atoms with Crippen molar-refractivity contribution in [1.29, 1.82) is 0 Å². The minimum absolute atomic E-state index is 0.762. The van der Waals surface area contributed by atoms with Gasteiger partial charge in [-0.05, 0) is 0 Å². The monoisotopic (exact) mass is 153 g/mol. The van der Waals surface area contributed by atoms with Crippen LogP contribution >= 0.6 is 0 Å². The van der Waals surface area contributed by atoms with Crippen molar-refractivity contribution in [3.63, 3.8) is 0 Å². The van der Waals surface area contributed by atoms with Crippen LogP contribution in [0.15, 0.2) is 4.99 Å². The summed E-state index contributed by atoms with van der Waals surface area (Å²) in [4.78, 5) is 12.6. The van der Waals surface area contributed by atoms with Crippen molar-refractivity contribution < 1.29 is 22.7 Å². The van der Waals surface area contributed by atoms with Crippen LogP contribution in [0, 0.1) is 0 Å². The van der Waals surface area contributed by atoms with Crippen molar-refractivity contribution in [3.8, 4) is 0 Å². The van der Waals surface area contributed by atoms with Gasteiger partial charge in [-0.25, -0.2) is 4.79 Å². The van der Waals surface area contributed by atoms with Crippen LogP contribution in [-0.2, 0) is 4.74 Å². The number of carbonyl (C=O) groups excluding carboxylic acids is 1. The van der Waals surface area contributed by atoms with E-state index in [4.69, 9.17) is 0 Å². The van der Waals surface area contributed by atoms with Gasteiger partial charge in [0.2, 0.25) is 0 Å². The molecule has 1 aliphatic rings. The van der Waals surface area contributed by atoms with E-state index in [-0.39, 0.29) is 0 Å². The van der Waals surface area contributed by atoms with Crippen LogP contribution in [0.25, 0.3) is 0 Å². The molecule has 3 nitrogen and oxygen atoms in total. The van der Waals surface area contributed by atoms with E-state index in [2.05, 4.69) is 9.73 Å². The Morgan fingerprint density at radius 1 is 1.50 bits per heavy atom. The molecule has 0 saturated heterocycles. The maximum atomic E-state index is 11.6. The Balaban J connectivity index is 2.76. The van der Waals surface area contributed by atoms with Crippen LogP contribution < -0.4 is 0 Å². The largest absolute Gasteiger partial charge is 0.441 e. The average molecular weight is 153 g/mol. The second-order valence-electron chi connectivity index (χ2n) is 1.61. The van der Waals surface area contributed by atoms with Crippen molar-refractivity contribution in [1.82, 2.24) is 0 Å². The average Bonchev–Trinajstić information content (AvgIpc) is 2.11. The molecule has 0 N–H and O–H groups in total. The molecule has 1 amide bonds. The molecule has 0 bridgehead atoms. The lowest BCUT2D eigenvalue weighted by Gasteiger charge is -2.00. The first-order valence-electron chi connectivity index (χ1n) is 2.31. The lowest BCUT2D eigenvalue weighted by atomic mass is 10.4. The van der Waals surface area contributed by atoms with Gasteiger partial charge in [0.25, 0.3) is 0 Å². The summed E-state index contributed by atoms with van der Waals surface area (Å²) >= 11 is 0. The van der Waals surface area contributed by atoms with E-state index in [1.54, 1.807) is 0 Å². The topological polar surface area (TPSA) is 38.7 Å². The SMILES string of the molecule is O=C1N=C(C(F)(F)F)CO1. The Kier molecular flexibility index (Phi) is 1.38. The van der Waals surface area contributed by atoms with Gasteiger partial charge in [0.15, 0.2) is 5.71 Å². The highest BCUT2D eigenvalue weighted by atomic mass is 19.4. The van der Waals surface area contributed by atoms with Gasteiger partial charge in [-0.1, -0.05) is 0 Å². The summed E-state index contributed by atoms with van der Waals surface area (Å²) in [6, 6.07) is 0. The standard InChI is InChI=1S/C4H2F3NO2/c5-4(6,7)2-1-10-3(9)8-2/h1H2. The highest BCUT2D eigenvalue weighted by Gasteiger charge is 2.39. The molecule has 0 aromatic heterocycles. The highest BCUT2D eigenvalue weighted by Crippen LogP contribution is 2.20. The van der Waals surface area contributed by atoms with Gasteiger partial charge in [-0.3, -0.25) is 0 Å². The predicted molar refractivity (Wildman–Crippen MR) is 24.8 cm³/mol. The third kappa shape index (κ3) is 1.26. The third-order valence-electron chi connectivity index (χ3n) is 0.886. The lowest BCUT2D eigenvalue weighted by molar-refractivity contribution is -0.0608. The molecule has 0 aromatic rings. The van der Waals surface area contributed by atoms with E-state index in [1.807, 2.05) is 0 Å². The zero-order valence-electron chi connectivity index (χ0n) is 4.60. The molecule has 0 radical (unpaired) electrons. The Morgan fingerprint density at radius 3 is 2.30 bits per heavy atom. The molecular formula is C4H2F3NO2. The van der Waals surface area contributed by atoms with Gasteiger partial charge >= 0.3 is 12.3 Å². The Bertz CT molecular complexity index is 195. The number of ether oxygens (including phenoxy) is 1. The number of aliphatic imine (C=N–C) groups is 1. The van der Waals surface area contributed by atoms with Gasteiger partial charge in [0.05, 0.1) is 0 Å². The van der Waals surface area contributed by atoms with Crippen molar-refractivity contribution >= 4 is 11.8 Å². The second kappa shape index (κ2) is 1.96. The van der Waals surface area contributed by atoms with E-state index >= 15 is 0 Å². The van der Waals surface area contributed by atoms with Crippen LogP contribution in [0.3, 0.4) is 0 Å². The van der Waals surface area contributed by atoms with Gasteiger partial charge in [-0.2, -0.15) is 18.2 Å². The number of hydrogen-bond donors (Lipinski definition) is 0. The first kappa shape index (κ1) is 7.04. The second-order valence-corrected chi connectivity index (χ2v) is 1.61. The van der Waals surface area contributed by atoms with Crippen LogP contribution in [0.5, 0.6) is 0 Å². The molecule has 0 aliphatic carbocycles. The number of carbonyl (C=O) groups is 1. The first-order chi connectivity index (χ1) is 4.50. The molecule has 1 rings (SSSR count). The van der Waals surface area contributed by atoms with Gasteiger partial charge in [0.1, 0.15) is 6.61 Å². The fourth-order valence-corrected chi connectivity index (χ4v) is 0.450. The highest BCUT2D eigenvalue weighted by molar-refractivity contribution is 6.02. The number of hydrogen-bond acceptors (Lipinski definition) is 2. The fourth-order valence-electron chi connectivity index (χ4n) is 0.450. The molecule has 0 aromatic carbocycles. The summed E-state index contributed by atoms with van der Waals surface area (Å²) in [7, 11) is 0. The summed E-state index contributed by atoms with van der Waals surface area (Å²) < 4.78 is 38.6. The summed E-state index contributed by atoms with van der Waals surface area (Å²) in [5.74, 6) is 0. The Labute approximate surface area is 53.5 Å². The fraction of sp³-hybridized carbons (Fsp3) is 0.500. The van der Waals surface area contributed by atoms with Crippen LogP contribution in [-0.4, -0.2) is 24.6 Å². The van der Waals surface area contributed by atoms with E-state index in [0.29, 0.717) is 0 Å². The van der Waals surface area contributed by atoms with Crippen LogP contribution in [0.4, 0.5) is 18.0 Å². The molecule has 0 spiro atoms. The molecule has 1 heterocycles. The number of cyclic esters (lactones) is 1. The van der Waals surface area contributed by atoms with E-state index in [1.165, 1.54) is 0 Å². The number of rotatable bonds is 0. The van der Waals surface area contributed by atoms with E-state index in [9.17, 15) is 18.0 Å². The van der Waals surface area contributed by atoms with Crippen molar-refractivity contribution in [2.24, 2.45) is 4.99 Å². The first-order valence-corrected chi connectivity index (χ1v) is 2.31. The summed E-state index contributed by atoms with van der Waals surface area (Å²) in [6.45, 7) is -0.762. The summed E-state index contributed by atoms with van der Waals surface area (Å²) in [6.07, 6.45) is -5.71. The van der Waals surface area contributed by atoms with Gasteiger partial charge in [0, 0.05) is 0 Å². The summed E-state index contributed by atoms with van der Waals surface area (Å²) in [5.41, 5.74) is -1.17. The van der Waals surface area contributed by atoms with Crippen molar-refractivity contribution in [2.75, 3.05) is 6.61 Å². The molecular weight excluding hydrogens is 151 g/mol. The van der Waals surface area contributed by atoms with Gasteiger partial charge < -0.3 is 4.74 Å². The lowest BCUT2D eigenvalue weighted by Crippen LogP contribution is -2.23. The van der Waals surface area contributed by atoms with Crippen molar-refractivity contribution in [3.05, 3.63) is 0 Å². The third-order valence-corrected chi connectivity index (χ3v) is 0.886. The number of alkyl halides is 3. The quantitative estimate of drug-likeness (QED) is 0.523. The van der Waals surface area contributed by atoms with E-state index in [0.717, 1.165) is 0 Å². The molecule has 6 heteroatoms. The zero-order chi connectivity index (χ0) is 7.78. The van der Waals surface area contributed by atoms with Crippen LogP contribution in [0.2, 0.25) is 0 Å². The molecule has 0 unspecified atom stereocenters. The molecule has 0 saturated carbocycles. The normalized spacial score (nSPS) is 18.7. The molecule has 1 aliphatic heterocycles. The molecule has 10 heavy (non-hydrogen) atoms. The molecule has 0 fully saturated rings. The zero-order valence-corrected chi connectivity index (χ0v) is 4.60. The maximum absolute atomic E-state index is 11.6. The van der Waals surface area contributed by atoms with Crippen molar-refractivity contribution in [2.45, 2.75) is 6.18 Å². The number of nitrogens with zero attached hydrogens (tertiary/aromatic N) is 1. The maximum Gasteiger partial charge on any atom is 0.434 e. The minimum Gasteiger partial charge on any atom is -0.441 e. The molecule has 56 valence electrons. The Hall–Kier alpha value is -1.07. The predicted octanol–water partition coefficient (Wildman–Crippen LogP) is 1.14. The Morgan fingerprint density at radius 2 is 2.10 bits per heavy atom. The van der Waals surface area contributed by atoms with Gasteiger partial charge in [-0.15, -0.1) is 0 Å².